The highest BCUT2D eigenvalue weighted by atomic mass is 16.6. The van der Waals surface area contributed by atoms with Gasteiger partial charge in [0.1, 0.15) is 11.6 Å². The van der Waals surface area contributed by atoms with Gasteiger partial charge >= 0.3 is 5.97 Å². The summed E-state index contributed by atoms with van der Waals surface area (Å²) in [7, 11) is 0. The van der Waals surface area contributed by atoms with Gasteiger partial charge in [0.05, 0.1) is 0 Å². The van der Waals surface area contributed by atoms with Gasteiger partial charge in [0.15, 0.2) is 0 Å². The number of hydrogen-bond donors (Lipinski definition) is 1. The largest absolute Gasteiger partial charge is 0.459 e. The predicted octanol–water partition coefficient (Wildman–Crippen LogP) is 3.03. The molecule has 1 fully saturated rings. The van der Waals surface area contributed by atoms with Crippen LogP contribution in [0.5, 0.6) is 0 Å². The van der Waals surface area contributed by atoms with Gasteiger partial charge in [-0.15, -0.1) is 0 Å². The summed E-state index contributed by atoms with van der Waals surface area (Å²) in [5, 5.41) is 3.47. The molecule has 2 atom stereocenters. The van der Waals surface area contributed by atoms with Gasteiger partial charge in [0.2, 0.25) is 0 Å². The Morgan fingerprint density at radius 1 is 1.31 bits per heavy atom. The van der Waals surface area contributed by atoms with E-state index in [0.29, 0.717) is 6.04 Å². The van der Waals surface area contributed by atoms with Crippen molar-refractivity contribution in [2.24, 2.45) is 0 Å². The van der Waals surface area contributed by atoms with Crippen LogP contribution in [0.4, 0.5) is 0 Å². The number of aryl methyl sites for hydroxylation is 3. The lowest BCUT2D eigenvalue weighted by Crippen LogP contribution is -2.56. The Labute approximate surface area is 158 Å². The molecule has 0 spiro atoms. The third-order valence-electron chi connectivity index (χ3n) is 5.48. The van der Waals surface area contributed by atoms with Gasteiger partial charge < -0.3 is 10.1 Å². The lowest BCUT2D eigenvalue weighted by atomic mass is 9.95. The topological polar surface area (TPSA) is 41.6 Å². The molecule has 1 heterocycles. The van der Waals surface area contributed by atoms with E-state index in [-0.39, 0.29) is 12.0 Å². The first-order chi connectivity index (χ1) is 12.2. The van der Waals surface area contributed by atoms with Gasteiger partial charge in [-0.25, -0.2) is 0 Å². The van der Waals surface area contributed by atoms with Crippen LogP contribution in [0.2, 0.25) is 0 Å². The quantitative estimate of drug-likeness (QED) is 0.840. The number of fused-ring (bicyclic) bond motifs is 1. The molecule has 4 nitrogen and oxygen atoms in total. The molecule has 1 N–H and O–H groups in total. The van der Waals surface area contributed by atoms with Crippen molar-refractivity contribution in [2.45, 2.75) is 78.0 Å². The second-order valence-corrected chi connectivity index (χ2v) is 9.00. The van der Waals surface area contributed by atoms with Crippen LogP contribution in [0.3, 0.4) is 0 Å². The molecule has 26 heavy (non-hydrogen) atoms. The van der Waals surface area contributed by atoms with Crippen molar-refractivity contribution >= 4 is 5.97 Å². The zero-order chi connectivity index (χ0) is 18.9. The average Bonchev–Trinajstić information content (AvgIpc) is 2.97. The fraction of sp³-hybridized carbons (Fsp3) is 0.682. The Kier molecular flexibility index (Phi) is 5.73. The van der Waals surface area contributed by atoms with Crippen LogP contribution in [0.1, 0.15) is 56.4 Å². The Balaban J connectivity index is 1.84. The summed E-state index contributed by atoms with van der Waals surface area (Å²) in [6, 6.07) is 4.87. The summed E-state index contributed by atoms with van der Waals surface area (Å²) in [5.41, 5.74) is 5.12. The fourth-order valence-corrected chi connectivity index (χ4v) is 4.20. The highest BCUT2D eigenvalue weighted by Crippen LogP contribution is 2.27. The van der Waals surface area contributed by atoms with Crippen LogP contribution >= 0.6 is 0 Å². The number of carbonyl (C=O) groups is 1. The Bertz CT molecular complexity index is 663. The lowest BCUT2D eigenvalue weighted by Gasteiger charge is -2.38. The highest BCUT2D eigenvalue weighted by Gasteiger charge is 2.33. The molecule has 4 heteroatoms. The molecule has 1 aromatic rings. The zero-order valence-electron chi connectivity index (χ0n) is 17.0. The highest BCUT2D eigenvalue weighted by molar-refractivity contribution is 5.77. The molecule has 144 valence electrons. The van der Waals surface area contributed by atoms with Crippen molar-refractivity contribution in [3.63, 3.8) is 0 Å². The minimum atomic E-state index is -0.456. The number of rotatable bonds is 4. The molecule has 1 aliphatic heterocycles. The standard InChI is InChI=1S/C22H34N2O2/c1-15-11-17-7-6-8-18(17)12-19(15)13-20(21(25)26-22(3,4)5)24-10-9-23-16(2)14-24/h11-12,16,20,23H,6-10,13-14H2,1-5H3/t16-,20-/m0/s1. The van der Waals surface area contributed by atoms with Crippen molar-refractivity contribution < 1.29 is 9.53 Å². The molecule has 0 radical (unpaired) electrons. The lowest BCUT2D eigenvalue weighted by molar-refractivity contribution is -0.162. The van der Waals surface area contributed by atoms with Crippen LogP contribution in [0.15, 0.2) is 12.1 Å². The van der Waals surface area contributed by atoms with E-state index in [2.05, 4.69) is 36.2 Å². The number of nitrogens with zero attached hydrogens (tertiary/aromatic N) is 1. The Morgan fingerprint density at radius 2 is 2.00 bits per heavy atom. The molecular formula is C22H34N2O2. The van der Waals surface area contributed by atoms with Gasteiger partial charge in [-0.2, -0.15) is 0 Å². The smallest absolute Gasteiger partial charge is 0.324 e. The van der Waals surface area contributed by atoms with E-state index in [9.17, 15) is 4.79 Å². The Morgan fingerprint density at radius 3 is 2.65 bits per heavy atom. The van der Waals surface area contributed by atoms with Crippen LogP contribution in [0, 0.1) is 6.92 Å². The van der Waals surface area contributed by atoms with Crippen LogP contribution in [-0.2, 0) is 28.8 Å². The van der Waals surface area contributed by atoms with Crippen molar-refractivity contribution in [2.75, 3.05) is 19.6 Å². The minimum Gasteiger partial charge on any atom is -0.459 e. The van der Waals surface area contributed by atoms with Gasteiger partial charge in [-0.3, -0.25) is 9.69 Å². The van der Waals surface area contributed by atoms with Crippen molar-refractivity contribution in [3.05, 3.63) is 34.4 Å². The fourth-order valence-electron chi connectivity index (χ4n) is 4.20. The van der Waals surface area contributed by atoms with E-state index >= 15 is 0 Å². The Hall–Kier alpha value is -1.39. The number of hydrogen-bond acceptors (Lipinski definition) is 4. The second kappa shape index (κ2) is 7.69. The maximum atomic E-state index is 13.0. The molecule has 0 aromatic heterocycles. The number of benzene rings is 1. The molecule has 0 unspecified atom stereocenters. The monoisotopic (exact) mass is 358 g/mol. The van der Waals surface area contributed by atoms with E-state index in [1.54, 1.807) is 0 Å². The third-order valence-corrected chi connectivity index (χ3v) is 5.48. The van der Waals surface area contributed by atoms with Gasteiger partial charge in [-0.1, -0.05) is 12.1 Å². The molecule has 0 bridgehead atoms. The molecule has 2 aliphatic rings. The van der Waals surface area contributed by atoms with Crippen molar-refractivity contribution in [3.8, 4) is 0 Å². The normalized spacial score (nSPS) is 22.1. The summed E-state index contributed by atoms with van der Waals surface area (Å²) >= 11 is 0. The summed E-state index contributed by atoms with van der Waals surface area (Å²) < 4.78 is 5.79. The summed E-state index contributed by atoms with van der Waals surface area (Å²) in [4.78, 5) is 15.3. The third kappa shape index (κ3) is 4.66. The summed E-state index contributed by atoms with van der Waals surface area (Å²) in [5.74, 6) is -0.0912. The van der Waals surface area contributed by atoms with Crippen LogP contribution in [0.25, 0.3) is 0 Å². The summed E-state index contributed by atoms with van der Waals surface area (Å²) in [6.07, 6.45) is 4.36. The molecule has 0 saturated carbocycles. The van der Waals surface area contributed by atoms with Crippen LogP contribution < -0.4 is 5.32 Å². The van der Waals surface area contributed by atoms with Gasteiger partial charge in [0.25, 0.3) is 0 Å². The number of esters is 1. The molecular weight excluding hydrogens is 324 g/mol. The molecule has 1 aliphatic carbocycles. The van der Waals surface area contributed by atoms with Crippen LogP contribution in [-0.4, -0.2) is 48.2 Å². The molecule has 0 amide bonds. The van der Waals surface area contributed by atoms with E-state index in [1.807, 2.05) is 20.8 Å². The molecule has 1 aromatic carbocycles. The first kappa shape index (κ1) is 19.4. The maximum absolute atomic E-state index is 13.0. The summed E-state index contributed by atoms with van der Waals surface area (Å²) in [6.45, 7) is 12.9. The molecule has 1 saturated heterocycles. The van der Waals surface area contributed by atoms with E-state index in [4.69, 9.17) is 4.74 Å². The molecule has 3 rings (SSSR count). The first-order valence-electron chi connectivity index (χ1n) is 10.0. The number of carbonyl (C=O) groups excluding carboxylic acids is 1. The minimum absolute atomic E-state index is 0.0912. The number of piperazine rings is 1. The number of ether oxygens (including phenoxy) is 1. The predicted molar refractivity (Wildman–Crippen MR) is 106 cm³/mol. The van der Waals surface area contributed by atoms with E-state index < -0.39 is 5.60 Å². The van der Waals surface area contributed by atoms with E-state index in [1.165, 1.54) is 41.5 Å². The average molecular weight is 359 g/mol. The first-order valence-corrected chi connectivity index (χ1v) is 10.0. The van der Waals surface area contributed by atoms with Crippen molar-refractivity contribution in [1.29, 1.82) is 0 Å². The number of nitrogens with one attached hydrogen (secondary N) is 1. The van der Waals surface area contributed by atoms with Gasteiger partial charge in [0, 0.05) is 25.7 Å². The van der Waals surface area contributed by atoms with Crippen molar-refractivity contribution in [1.82, 2.24) is 10.2 Å². The second-order valence-electron chi connectivity index (χ2n) is 9.00. The zero-order valence-corrected chi connectivity index (χ0v) is 17.0. The maximum Gasteiger partial charge on any atom is 0.324 e. The van der Waals surface area contributed by atoms with Gasteiger partial charge in [-0.05, 0) is 82.6 Å². The van der Waals surface area contributed by atoms with E-state index in [0.717, 1.165) is 26.1 Å². The SMILES string of the molecule is Cc1cc2c(cc1C[C@@H](C(=O)OC(C)(C)C)N1CCN[C@@H](C)C1)CCC2.